The van der Waals surface area contributed by atoms with Gasteiger partial charge < -0.3 is 9.84 Å². The Kier molecular flexibility index (Phi) is 3.97. The molecular formula is C11H13ClO3. The SMILES string of the molecule is CC(C)Oc1ccc(Cl)cc1CC(=O)O. The maximum Gasteiger partial charge on any atom is 0.307 e. The number of ether oxygens (including phenoxy) is 1. The molecule has 0 aromatic heterocycles. The number of benzene rings is 1. The summed E-state index contributed by atoms with van der Waals surface area (Å²) < 4.78 is 5.48. The summed E-state index contributed by atoms with van der Waals surface area (Å²) in [4.78, 5) is 10.6. The third kappa shape index (κ3) is 3.80. The van der Waals surface area contributed by atoms with Crippen LogP contribution in [-0.2, 0) is 11.2 Å². The van der Waals surface area contributed by atoms with Gasteiger partial charge in [-0.1, -0.05) is 11.6 Å². The van der Waals surface area contributed by atoms with E-state index in [1.165, 1.54) is 0 Å². The van der Waals surface area contributed by atoms with E-state index in [0.717, 1.165) is 0 Å². The van der Waals surface area contributed by atoms with Gasteiger partial charge in [-0.3, -0.25) is 4.79 Å². The summed E-state index contributed by atoms with van der Waals surface area (Å²) >= 11 is 5.79. The molecule has 0 spiro atoms. The van der Waals surface area contributed by atoms with Gasteiger partial charge in [0.25, 0.3) is 0 Å². The van der Waals surface area contributed by atoms with Crippen molar-refractivity contribution in [1.29, 1.82) is 0 Å². The summed E-state index contributed by atoms with van der Waals surface area (Å²) in [7, 11) is 0. The first-order valence-electron chi connectivity index (χ1n) is 4.66. The predicted octanol–water partition coefficient (Wildman–Crippen LogP) is 2.75. The van der Waals surface area contributed by atoms with E-state index in [2.05, 4.69) is 0 Å². The van der Waals surface area contributed by atoms with Crippen LogP contribution < -0.4 is 4.74 Å². The van der Waals surface area contributed by atoms with Crippen LogP contribution in [0.2, 0.25) is 5.02 Å². The van der Waals surface area contributed by atoms with Crippen molar-refractivity contribution in [3.05, 3.63) is 28.8 Å². The minimum Gasteiger partial charge on any atom is -0.491 e. The highest BCUT2D eigenvalue weighted by atomic mass is 35.5. The number of carboxylic acid groups (broad SMARTS) is 1. The van der Waals surface area contributed by atoms with Crippen molar-refractivity contribution in [2.24, 2.45) is 0 Å². The molecule has 0 atom stereocenters. The lowest BCUT2D eigenvalue weighted by Crippen LogP contribution is -2.09. The third-order valence-corrected chi connectivity index (χ3v) is 1.96. The van der Waals surface area contributed by atoms with Gasteiger partial charge in [0.15, 0.2) is 0 Å². The zero-order valence-corrected chi connectivity index (χ0v) is 9.41. The van der Waals surface area contributed by atoms with Gasteiger partial charge in [0.2, 0.25) is 0 Å². The lowest BCUT2D eigenvalue weighted by Gasteiger charge is -2.13. The van der Waals surface area contributed by atoms with E-state index >= 15 is 0 Å². The van der Waals surface area contributed by atoms with Gasteiger partial charge >= 0.3 is 5.97 Å². The molecule has 82 valence electrons. The zero-order valence-electron chi connectivity index (χ0n) is 8.66. The number of aliphatic carboxylic acids is 1. The molecule has 0 radical (unpaired) electrons. The van der Waals surface area contributed by atoms with Crippen LogP contribution in [0.4, 0.5) is 0 Å². The Labute approximate surface area is 93.6 Å². The largest absolute Gasteiger partial charge is 0.491 e. The fourth-order valence-electron chi connectivity index (χ4n) is 1.22. The molecule has 1 N–H and O–H groups in total. The lowest BCUT2D eigenvalue weighted by atomic mass is 10.1. The molecule has 0 aliphatic carbocycles. The summed E-state index contributed by atoms with van der Waals surface area (Å²) in [5, 5.41) is 9.23. The average Bonchev–Trinajstić information content (AvgIpc) is 2.08. The molecule has 0 aliphatic rings. The Morgan fingerprint density at radius 3 is 2.73 bits per heavy atom. The summed E-state index contributed by atoms with van der Waals surface area (Å²) in [5.74, 6) is -0.317. The van der Waals surface area contributed by atoms with Crippen molar-refractivity contribution in [3.8, 4) is 5.75 Å². The molecule has 0 aliphatic heterocycles. The average molecular weight is 229 g/mol. The molecule has 1 rings (SSSR count). The highest BCUT2D eigenvalue weighted by Gasteiger charge is 2.09. The maximum atomic E-state index is 10.6. The van der Waals surface area contributed by atoms with Crippen LogP contribution in [0.5, 0.6) is 5.75 Å². The second-order valence-electron chi connectivity index (χ2n) is 3.49. The van der Waals surface area contributed by atoms with Crippen molar-refractivity contribution in [2.75, 3.05) is 0 Å². The van der Waals surface area contributed by atoms with Crippen LogP contribution in [0.15, 0.2) is 18.2 Å². The van der Waals surface area contributed by atoms with E-state index < -0.39 is 5.97 Å². The van der Waals surface area contributed by atoms with Crippen molar-refractivity contribution in [3.63, 3.8) is 0 Å². The highest BCUT2D eigenvalue weighted by molar-refractivity contribution is 6.30. The molecule has 3 nitrogen and oxygen atoms in total. The van der Waals surface area contributed by atoms with Crippen LogP contribution in [-0.4, -0.2) is 17.2 Å². The van der Waals surface area contributed by atoms with E-state index in [1.807, 2.05) is 13.8 Å². The molecule has 0 saturated heterocycles. The monoisotopic (exact) mass is 228 g/mol. The van der Waals surface area contributed by atoms with Crippen molar-refractivity contribution in [1.82, 2.24) is 0 Å². The number of rotatable bonds is 4. The maximum absolute atomic E-state index is 10.6. The number of carbonyl (C=O) groups is 1. The van der Waals surface area contributed by atoms with Crippen LogP contribution in [0, 0.1) is 0 Å². The summed E-state index contributed by atoms with van der Waals surface area (Å²) in [6.45, 7) is 3.78. The molecule has 1 aromatic rings. The van der Waals surface area contributed by atoms with Crippen molar-refractivity contribution < 1.29 is 14.6 Å². The number of halogens is 1. The second-order valence-corrected chi connectivity index (χ2v) is 3.93. The van der Waals surface area contributed by atoms with Crippen molar-refractivity contribution >= 4 is 17.6 Å². The first-order valence-corrected chi connectivity index (χ1v) is 5.03. The smallest absolute Gasteiger partial charge is 0.307 e. The molecule has 0 bridgehead atoms. The molecule has 0 saturated carbocycles. The molecule has 4 heteroatoms. The molecular weight excluding hydrogens is 216 g/mol. The molecule has 0 fully saturated rings. The molecule has 0 unspecified atom stereocenters. The Morgan fingerprint density at radius 1 is 1.53 bits per heavy atom. The van der Waals surface area contributed by atoms with E-state index in [0.29, 0.717) is 16.3 Å². The van der Waals surface area contributed by atoms with Crippen LogP contribution >= 0.6 is 11.6 Å². The third-order valence-electron chi connectivity index (χ3n) is 1.73. The van der Waals surface area contributed by atoms with Crippen LogP contribution in [0.3, 0.4) is 0 Å². The highest BCUT2D eigenvalue weighted by Crippen LogP contribution is 2.24. The first kappa shape index (κ1) is 11.9. The van der Waals surface area contributed by atoms with Gasteiger partial charge in [0, 0.05) is 10.6 Å². The molecule has 15 heavy (non-hydrogen) atoms. The fourth-order valence-corrected chi connectivity index (χ4v) is 1.41. The Morgan fingerprint density at radius 2 is 2.20 bits per heavy atom. The summed E-state index contributed by atoms with van der Waals surface area (Å²) in [6.07, 6.45) is -0.0680. The van der Waals surface area contributed by atoms with Gasteiger partial charge in [-0.15, -0.1) is 0 Å². The van der Waals surface area contributed by atoms with E-state index in [4.69, 9.17) is 21.4 Å². The van der Waals surface area contributed by atoms with Crippen LogP contribution in [0.25, 0.3) is 0 Å². The number of hydrogen-bond acceptors (Lipinski definition) is 2. The quantitative estimate of drug-likeness (QED) is 0.862. The topological polar surface area (TPSA) is 46.5 Å². The van der Waals surface area contributed by atoms with E-state index in [1.54, 1.807) is 18.2 Å². The fraction of sp³-hybridized carbons (Fsp3) is 0.364. The van der Waals surface area contributed by atoms with Gasteiger partial charge in [0.05, 0.1) is 12.5 Å². The molecule has 1 aromatic carbocycles. The standard InChI is InChI=1S/C11H13ClO3/c1-7(2)15-10-4-3-9(12)5-8(10)6-11(13)14/h3-5,7H,6H2,1-2H3,(H,13,14). The van der Waals surface area contributed by atoms with Gasteiger partial charge in [-0.05, 0) is 32.0 Å². The van der Waals surface area contributed by atoms with Crippen molar-refractivity contribution in [2.45, 2.75) is 26.4 Å². The first-order chi connectivity index (χ1) is 6.99. The molecule has 0 amide bonds. The van der Waals surface area contributed by atoms with Gasteiger partial charge in [-0.25, -0.2) is 0 Å². The van der Waals surface area contributed by atoms with Gasteiger partial charge in [-0.2, -0.15) is 0 Å². The van der Waals surface area contributed by atoms with E-state index in [-0.39, 0.29) is 12.5 Å². The summed E-state index contributed by atoms with van der Waals surface area (Å²) in [5.41, 5.74) is 0.601. The second kappa shape index (κ2) is 5.03. The minimum absolute atomic E-state index is 0.0127. The minimum atomic E-state index is -0.897. The Balaban J connectivity index is 2.97. The Hall–Kier alpha value is -1.22. The number of carboxylic acids is 1. The zero-order chi connectivity index (χ0) is 11.4. The van der Waals surface area contributed by atoms with Crippen LogP contribution in [0.1, 0.15) is 19.4 Å². The van der Waals surface area contributed by atoms with Gasteiger partial charge in [0.1, 0.15) is 5.75 Å². The lowest BCUT2D eigenvalue weighted by molar-refractivity contribution is -0.136. The number of hydrogen-bond donors (Lipinski definition) is 1. The normalized spacial score (nSPS) is 10.4. The Bertz CT molecular complexity index is 361. The van der Waals surface area contributed by atoms with E-state index in [9.17, 15) is 4.79 Å². The summed E-state index contributed by atoms with van der Waals surface area (Å²) in [6, 6.07) is 5.00. The predicted molar refractivity (Wildman–Crippen MR) is 58.6 cm³/mol. The molecule has 0 heterocycles.